The van der Waals surface area contributed by atoms with Gasteiger partial charge in [-0.1, -0.05) is 12.1 Å². The number of hydrogen-bond donors (Lipinski definition) is 1. The van der Waals surface area contributed by atoms with Gasteiger partial charge in [0, 0.05) is 18.2 Å². The summed E-state index contributed by atoms with van der Waals surface area (Å²) in [6, 6.07) is 5.35. The Labute approximate surface area is 101 Å². The van der Waals surface area contributed by atoms with Crippen molar-refractivity contribution in [3.63, 3.8) is 0 Å². The van der Waals surface area contributed by atoms with Crippen molar-refractivity contribution in [1.29, 1.82) is 0 Å². The third-order valence-electron chi connectivity index (χ3n) is 3.35. The Balaban J connectivity index is 2.13. The largest absolute Gasteiger partial charge is 0.494 e. The van der Waals surface area contributed by atoms with Gasteiger partial charge >= 0.3 is 0 Å². The number of aliphatic hydroxyl groups excluding tert-OH is 1. The van der Waals surface area contributed by atoms with Crippen LogP contribution in [0.2, 0.25) is 0 Å². The van der Waals surface area contributed by atoms with Crippen LogP contribution in [0.15, 0.2) is 18.2 Å². The molecule has 0 amide bonds. The average Bonchev–Trinajstić information content (AvgIpc) is 2.79. The van der Waals surface area contributed by atoms with E-state index in [1.807, 2.05) is 0 Å². The Kier molecular flexibility index (Phi) is 3.97. The molecular weight excluding hydrogens is 221 g/mol. The zero-order valence-corrected chi connectivity index (χ0v) is 10.0. The van der Waals surface area contributed by atoms with Gasteiger partial charge in [0.05, 0.1) is 13.7 Å². The molecule has 3 nitrogen and oxygen atoms in total. The Morgan fingerprint density at radius 1 is 1.53 bits per heavy atom. The Morgan fingerprint density at radius 3 is 3.06 bits per heavy atom. The number of likely N-dealkylation sites (tertiary alicyclic amines) is 1. The third-order valence-corrected chi connectivity index (χ3v) is 3.35. The first-order valence-electron chi connectivity index (χ1n) is 5.92. The van der Waals surface area contributed by atoms with Gasteiger partial charge < -0.3 is 9.84 Å². The van der Waals surface area contributed by atoms with Crippen molar-refractivity contribution >= 4 is 0 Å². The monoisotopic (exact) mass is 239 g/mol. The molecule has 4 heteroatoms. The van der Waals surface area contributed by atoms with Gasteiger partial charge in [0.2, 0.25) is 0 Å². The summed E-state index contributed by atoms with van der Waals surface area (Å²) in [4.78, 5) is 2.12. The van der Waals surface area contributed by atoms with E-state index in [1.165, 1.54) is 7.11 Å². The highest BCUT2D eigenvalue weighted by molar-refractivity contribution is 5.31. The molecule has 17 heavy (non-hydrogen) atoms. The summed E-state index contributed by atoms with van der Waals surface area (Å²) in [5, 5.41) is 9.22. The van der Waals surface area contributed by atoms with Gasteiger partial charge in [-0.15, -0.1) is 0 Å². The summed E-state index contributed by atoms with van der Waals surface area (Å²) < 4.78 is 18.9. The van der Waals surface area contributed by atoms with Crippen molar-refractivity contribution in [2.45, 2.75) is 25.4 Å². The van der Waals surface area contributed by atoms with E-state index < -0.39 is 0 Å². The van der Waals surface area contributed by atoms with Gasteiger partial charge in [-0.05, 0) is 25.5 Å². The molecule has 1 N–H and O–H groups in total. The van der Waals surface area contributed by atoms with Crippen molar-refractivity contribution in [3.8, 4) is 5.75 Å². The second-order valence-corrected chi connectivity index (χ2v) is 4.38. The summed E-state index contributed by atoms with van der Waals surface area (Å²) in [5.74, 6) is -0.0131. The van der Waals surface area contributed by atoms with E-state index in [-0.39, 0.29) is 24.2 Å². The van der Waals surface area contributed by atoms with Crippen LogP contribution in [-0.2, 0) is 6.54 Å². The highest BCUT2D eigenvalue weighted by Crippen LogP contribution is 2.24. The van der Waals surface area contributed by atoms with E-state index in [0.717, 1.165) is 19.4 Å². The molecule has 1 aromatic carbocycles. The van der Waals surface area contributed by atoms with Crippen LogP contribution >= 0.6 is 0 Å². The van der Waals surface area contributed by atoms with Crippen LogP contribution in [0.1, 0.15) is 18.4 Å². The van der Waals surface area contributed by atoms with Crippen molar-refractivity contribution in [1.82, 2.24) is 4.90 Å². The average molecular weight is 239 g/mol. The molecule has 0 bridgehead atoms. The molecule has 0 unspecified atom stereocenters. The van der Waals surface area contributed by atoms with Crippen molar-refractivity contribution in [2.24, 2.45) is 0 Å². The molecule has 1 aliphatic rings. The maximum absolute atomic E-state index is 13.9. The molecule has 0 aliphatic carbocycles. The van der Waals surface area contributed by atoms with Crippen LogP contribution in [0.25, 0.3) is 0 Å². The summed E-state index contributed by atoms with van der Waals surface area (Å²) in [6.45, 7) is 1.60. The molecule has 1 fully saturated rings. The summed E-state index contributed by atoms with van der Waals surface area (Å²) in [6.07, 6.45) is 2.05. The molecule has 0 radical (unpaired) electrons. The minimum absolute atomic E-state index is 0.144. The van der Waals surface area contributed by atoms with Gasteiger partial charge in [0.15, 0.2) is 11.6 Å². The van der Waals surface area contributed by atoms with Crippen LogP contribution in [0.4, 0.5) is 4.39 Å². The first-order chi connectivity index (χ1) is 8.26. The first-order valence-corrected chi connectivity index (χ1v) is 5.92. The number of aliphatic hydroxyl groups is 1. The molecule has 0 saturated carbocycles. The molecule has 0 spiro atoms. The van der Waals surface area contributed by atoms with Crippen LogP contribution in [0.3, 0.4) is 0 Å². The zero-order chi connectivity index (χ0) is 12.3. The van der Waals surface area contributed by atoms with E-state index in [1.54, 1.807) is 18.2 Å². The van der Waals surface area contributed by atoms with Crippen LogP contribution < -0.4 is 4.74 Å². The van der Waals surface area contributed by atoms with Gasteiger partial charge in [0.25, 0.3) is 0 Å². The lowest BCUT2D eigenvalue weighted by molar-refractivity contribution is 0.152. The summed E-state index contributed by atoms with van der Waals surface area (Å²) in [7, 11) is 1.47. The Morgan fingerprint density at radius 2 is 2.35 bits per heavy atom. The van der Waals surface area contributed by atoms with E-state index >= 15 is 0 Å². The quantitative estimate of drug-likeness (QED) is 0.869. The lowest BCUT2D eigenvalue weighted by Gasteiger charge is -2.23. The van der Waals surface area contributed by atoms with Crippen LogP contribution in [0, 0.1) is 5.82 Å². The highest BCUT2D eigenvalue weighted by atomic mass is 19.1. The molecule has 0 aromatic heterocycles. The third kappa shape index (κ3) is 2.58. The van der Waals surface area contributed by atoms with Gasteiger partial charge in [-0.2, -0.15) is 0 Å². The Hall–Kier alpha value is -1.13. The fourth-order valence-electron chi connectivity index (χ4n) is 2.36. The standard InChI is InChI=1S/C13H18FNO2/c1-17-12-6-2-4-10(13(12)14)8-15-7-3-5-11(15)9-16/h2,4,6,11,16H,3,5,7-9H2,1H3/t11-/m0/s1. The molecule has 94 valence electrons. The van der Waals surface area contributed by atoms with Crippen molar-refractivity contribution in [2.75, 3.05) is 20.3 Å². The Bertz CT molecular complexity index is 384. The highest BCUT2D eigenvalue weighted by Gasteiger charge is 2.24. The number of hydrogen-bond acceptors (Lipinski definition) is 3. The topological polar surface area (TPSA) is 32.7 Å². The number of ether oxygens (including phenoxy) is 1. The minimum Gasteiger partial charge on any atom is -0.494 e. The molecule has 1 aromatic rings. The lowest BCUT2D eigenvalue weighted by Crippen LogP contribution is -2.31. The van der Waals surface area contributed by atoms with Crippen molar-refractivity contribution < 1.29 is 14.2 Å². The molecule has 2 rings (SSSR count). The number of benzene rings is 1. The molecular formula is C13H18FNO2. The van der Waals surface area contributed by atoms with Crippen LogP contribution in [0.5, 0.6) is 5.75 Å². The predicted octanol–water partition coefficient (Wildman–Crippen LogP) is 1.79. The SMILES string of the molecule is COc1cccc(CN2CCC[C@H]2CO)c1F. The second kappa shape index (κ2) is 5.47. The number of halogens is 1. The first kappa shape index (κ1) is 12.3. The van der Waals surface area contributed by atoms with E-state index in [0.29, 0.717) is 12.1 Å². The normalized spacial score (nSPS) is 20.8. The molecule has 1 aliphatic heterocycles. The molecule has 1 heterocycles. The second-order valence-electron chi connectivity index (χ2n) is 4.38. The van der Waals surface area contributed by atoms with Gasteiger partial charge in [-0.3, -0.25) is 4.90 Å². The lowest BCUT2D eigenvalue weighted by atomic mass is 10.1. The smallest absolute Gasteiger partial charge is 0.169 e. The minimum atomic E-state index is -0.293. The summed E-state index contributed by atoms with van der Waals surface area (Å²) in [5.41, 5.74) is 0.629. The fraction of sp³-hybridized carbons (Fsp3) is 0.538. The number of rotatable bonds is 4. The van der Waals surface area contributed by atoms with Gasteiger partial charge in [-0.25, -0.2) is 4.39 Å². The van der Waals surface area contributed by atoms with E-state index in [2.05, 4.69) is 4.90 Å². The van der Waals surface area contributed by atoms with Crippen LogP contribution in [-0.4, -0.2) is 36.3 Å². The van der Waals surface area contributed by atoms with E-state index in [4.69, 9.17) is 4.74 Å². The maximum atomic E-state index is 13.9. The number of methoxy groups -OCH3 is 1. The summed E-state index contributed by atoms with van der Waals surface area (Å²) >= 11 is 0. The molecule has 1 saturated heterocycles. The molecule has 1 atom stereocenters. The number of nitrogens with zero attached hydrogens (tertiary/aromatic N) is 1. The zero-order valence-electron chi connectivity index (χ0n) is 10.0. The van der Waals surface area contributed by atoms with E-state index in [9.17, 15) is 9.50 Å². The fourth-order valence-corrected chi connectivity index (χ4v) is 2.36. The predicted molar refractivity (Wildman–Crippen MR) is 63.5 cm³/mol. The van der Waals surface area contributed by atoms with Crippen molar-refractivity contribution in [3.05, 3.63) is 29.6 Å². The maximum Gasteiger partial charge on any atom is 0.169 e. The van der Waals surface area contributed by atoms with Gasteiger partial charge in [0.1, 0.15) is 0 Å².